The van der Waals surface area contributed by atoms with Gasteiger partial charge in [-0.15, -0.1) is 12.4 Å². The third-order valence-electron chi connectivity index (χ3n) is 9.55. The number of carbonyl (C=O) groups is 2. The van der Waals surface area contributed by atoms with Crippen molar-refractivity contribution in [1.29, 1.82) is 0 Å². The Bertz CT molecular complexity index is 1910. The first-order valence-electron chi connectivity index (χ1n) is 17.0. The molecule has 7 rings (SSSR count). The number of amides is 3. The highest BCUT2D eigenvalue weighted by Crippen LogP contribution is 2.35. The fourth-order valence-electron chi connectivity index (χ4n) is 6.95. The van der Waals surface area contributed by atoms with Crippen LogP contribution in [0.25, 0.3) is 11.2 Å². The Morgan fingerprint density at radius 1 is 0.942 bits per heavy atom. The number of aliphatic hydroxyl groups is 2. The molecule has 5 atom stereocenters. The van der Waals surface area contributed by atoms with Crippen LogP contribution in [0.2, 0.25) is 0 Å². The second-order valence-electron chi connectivity index (χ2n) is 12.9. The molecule has 16 heteroatoms. The number of carbonyl (C=O) groups excluding carboxylic acids is 2. The molecule has 3 amide bonds. The Labute approximate surface area is 306 Å². The van der Waals surface area contributed by atoms with Gasteiger partial charge >= 0.3 is 6.03 Å². The van der Waals surface area contributed by atoms with Crippen molar-refractivity contribution in [3.8, 4) is 0 Å². The molecule has 0 unspecified atom stereocenters. The summed E-state index contributed by atoms with van der Waals surface area (Å²) in [4.78, 5) is 45.5. The summed E-state index contributed by atoms with van der Waals surface area (Å²) in [6, 6.07) is 22.2. The minimum atomic E-state index is -1.21. The third kappa shape index (κ3) is 7.92. The molecule has 0 radical (unpaired) electrons. The molecule has 272 valence electrons. The van der Waals surface area contributed by atoms with Crippen molar-refractivity contribution in [3.05, 3.63) is 103 Å². The van der Waals surface area contributed by atoms with Crippen LogP contribution in [0, 0.1) is 0 Å². The number of urea groups is 1. The summed E-state index contributed by atoms with van der Waals surface area (Å²) >= 11 is 0. The maximum absolute atomic E-state index is 12.8. The predicted molar refractivity (Wildman–Crippen MR) is 199 cm³/mol. The monoisotopic (exact) mass is 727 g/mol. The number of aliphatic hydroxyl groups excluding tert-OH is 2. The van der Waals surface area contributed by atoms with Crippen molar-refractivity contribution in [2.45, 2.75) is 49.1 Å². The van der Waals surface area contributed by atoms with Gasteiger partial charge in [-0.1, -0.05) is 60.7 Å². The van der Waals surface area contributed by atoms with E-state index < -0.39 is 30.2 Å². The first kappa shape index (κ1) is 36.4. The topological polar surface area (TPSA) is 208 Å². The van der Waals surface area contributed by atoms with Gasteiger partial charge in [-0.2, -0.15) is 9.97 Å². The standard InChI is InChI=1S/C36H41N11O4.ClH/c37-17-29(48)43-27-16-28(32(50)31(27)49)47-21-40-30-33(39-19-26(22-8-3-1-4-9-22)23-10-5-2-6-11-23)44-35(45-34(30)47)46-15-13-25(20-46)42-36(51)41-24-12-7-14-38-18-24;/h1-12,14,18,21,25-28,31-32,49-50H,13,15-17,19-20,37H2,(H,43,48)(H,39,44,45)(H2,41,42,51);1H/t25-,27+,28-,31-,32+;/m1./s1. The molecule has 3 aromatic heterocycles. The molecule has 8 N–H and O–H groups in total. The molecule has 0 spiro atoms. The van der Waals surface area contributed by atoms with Crippen molar-refractivity contribution >= 4 is 53.0 Å². The quantitative estimate of drug-likeness (QED) is 0.105. The van der Waals surface area contributed by atoms with Gasteiger partial charge in [0.2, 0.25) is 11.9 Å². The van der Waals surface area contributed by atoms with Crippen LogP contribution in [0.4, 0.5) is 22.2 Å². The summed E-state index contributed by atoms with van der Waals surface area (Å²) < 4.78 is 1.74. The van der Waals surface area contributed by atoms with E-state index in [0.29, 0.717) is 54.7 Å². The zero-order chi connectivity index (χ0) is 35.3. The molecular weight excluding hydrogens is 686 g/mol. The van der Waals surface area contributed by atoms with Crippen LogP contribution in [-0.2, 0) is 4.79 Å². The molecule has 0 bridgehead atoms. The molecule has 2 aromatic carbocycles. The summed E-state index contributed by atoms with van der Waals surface area (Å²) in [6.07, 6.45) is 3.32. The number of aromatic nitrogens is 5. The number of benzene rings is 2. The number of nitrogens with two attached hydrogens (primary N) is 1. The Morgan fingerprint density at radius 3 is 2.35 bits per heavy atom. The highest BCUT2D eigenvalue weighted by Gasteiger charge is 2.44. The summed E-state index contributed by atoms with van der Waals surface area (Å²) in [5.74, 6) is 0.523. The number of halogens is 1. The van der Waals surface area contributed by atoms with Crippen molar-refractivity contribution in [2.24, 2.45) is 5.73 Å². The molecule has 1 aliphatic carbocycles. The first-order valence-corrected chi connectivity index (χ1v) is 17.0. The average molecular weight is 728 g/mol. The molecule has 1 aliphatic heterocycles. The number of nitrogens with one attached hydrogen (secondary N) is 4. The van der Waals surface area contributed by atoms with E-state index in [2.05, 4.69) is 50.5 Å². The zero-order valence-corrected chi connectivity index (χ0v) is 29.1. The largest absolute Gasteiger partial charge is 0.388 e. The predicted octanol–water partition coefficient (Wildman–Crippen LogP) is 2.40. The van der Waals surface area contributed by atoms with Gasteiger partial charge in [-0.05, 0) is 36.1 Å². The van der Waals surface area contributed by atoms with Crippen LogP contribution in [0.5, 0.6) is 0 Å². The van der Waals surface area contributed by atoms with E-state index in [1.807, 2.05) is 41.3 Å². The van der Waals surface area contributed by atoms with Crippen LogP contribution in [0.15, 0.2) is 91.5 Å². The Hall–Kier alpha value is -5.35. The minimum Gasteiger partial charge on any atom is -0.388 e. The molecule has 1 saturated heterocycles. The summed E-state index contributed by atoms with van der Waals surface area (Å²) in [5, 5.41) is 34.1. The van der Waals surface area contributed by atoms with Crippen molar-refractivity contribution in [1.82, 2.24) is 35.1 Å². The lowest BCUT2D eigenvalue weighted by Gasteiger charge is -2.22. The highest BCUT2D eigenvalue weighted by molar-refractivity contribution is 5.89. The minimum absolute atomic E-state index is 0. The van der Waals surface area contributed by atoms with Gasteiger partial charge in [-0.3, -0.25) is 9.78 Å². The van der Waals surface area contributed by atoms with E-state index in [1.165, 1.54) is 0 Å². The van der Waals surface area contributed by atoms with Crippen LogP contribution in [0.1, 0.15) is 35.9 Å². The van der Waals surface area contributed by atoms with E-state index in [-0.39, 0.29) is 43.4 Å². The van der Waals surface area contributed by atoms with Crippen molar-refractivity contribution < 1.29 is 19.8 Å². The highest BCUT2D eigenvalue weighted by atomic mass is 35.5. The molecular formula is C36H42ClN11O4. The van der Waals surface area contributed by atoms with Gasteiger partial charge in [0.15, 0.2) is 17.0 Å². The maximum atomic E-state index is 12.8. The van der Waals surface area contributed by atoms with Crippen molar-refractivity contribution in [3.63, 3.8) is 0 Å². The number of rotatable bonds is 11. The fourth-order valence-corrected chi connectivity index (χ4v) is 6.95. The van der Waals surface area contributed by atoms with Gasteiger partial charge in [0, 0.05) is 37.8 Å². The first-order chi connectivity index (χ1) is 24.9. The number of hydrogen-bond donors (Lipinski definition) is 7. The second-order valence-corrected chi connectivity index (χ2v) is 12.9. The summed E-state index contributed by atoms with van der Waals surface area (Å²) in [5.41, 5.74) is 9.33. The Kier molecular flexibility index (Phi) is 11.4. The number of hydrogen-bond acceptors (Lipinski definition) is 11. The Balaban J connectivity index is 0.00000464. The van der Waals surface area contributed by atoms with Gasteiger partial charge < -0.3 is 46.7 Å². The molecule has 2 fully saturated rings. The molecule has 4 heterocycles. The average Bonchev–Trinajstić information content (AvgIpc) is 3.87. The van der Waals surface area contributed by atoms with E-state index >= 15 is 0 Å². The lowest BCUT2D eigenvalue weighted by molar-refractivity contribution is -0.121. The van der Waals surface area contributed by atoms with E-state index in [0.717, 1.165) is 11.1 Å². The van der Waals surface area contributed by atoms with Gasteiger partial charge in [-0.25, -0.2) is 9.78 Å². The normalized spacial score (nSPS) is 21.2. The molecule has 1 saturated carbocycles. The van der Waals surface area contributed by atoms with Crippen molar-refractivity contribution in [2.75, 3.05) is 41.7 Å². The third-order valence-corrected chi connectivity index (χ3v) is 9.55. The lowest BCUT2D eigenvalue weighted by atomic mass is 9.91. The van der Waals surface area contributed by atoms with Gasteiger partial charge in [0.25, 0.3) is 0 Å². The van der Waals surface area contributed by atoms with E-state index in [1.54, 1.807) is 35.4 Å². The smallest absolute Gasteiger partial charge is 0.319 e. The number of anilines is 3. The number of nitrogens with zero attached hydrogens (tertiary/aromatic N) is 6. The second kappa shape index (κ2) is 16.3. The van der Waals surface area contributed by atoms with Crippen LogP contribution >= 0.6 is 12.4 Å². The van der Waals surface area contributed by atoms with Crippen LogP contribution in [0.3, 0.4) is 0 Å². The van der Waals surface area contributed by atoms with Gasteiger partial charge in [0.05, 0.1) is 36.8 Å². The molecule has 15 nitrogen and oxygen atoms in total. The fraction of sp³-hybridized carbons (Fsp3) is 0.333. The summed E-state index contributed by atoms with van der Waals surface area (Å²) in [6.45, 7) is 1.33. The number of fused-ring (bicyclic) bond motifs is 1. The molecule has 2 aliphatic rings. The number of pyridine rings is 1. The van der Waals surface area contributed by atoms with E-state index in [4.69, 9.17) is 20.7 Å². The molecule has 52 heavy (non-hydrogen) atoms. The van der Waals surface area contributed by atoms with Crippen LogP contribution < -0.4 is 31.9 Å². The molecule has 5 aromatic rings. The zero-order valence-electron chi connectivity index (χ0n) is 28.2. The van der Waals surface area contributed by atoms with Crippen LogP contribution in [-0.4, -0.2) is 97.1 Å². The van der Waals surface area contributed by atoms with E-state index in [9.17, 15) is 19.8 Å². The van der Waals surface area contributed by atoms with Gasteiger partial charge in [0.1, 0.15) is 12.2 Å². The lowest BCUT2D eigenvalue weighted by Crippen LogP contribution is -2.45. The SMILES string of the molecule is Cl.NCC(=O)N[C@H]1C[C@@H](n2cnc3c(NCC(c4ccccc4)c4ccccc4)nc(N4CC[C@@H](NC(=O)Nc5cccnc5)C4)nc32)[C@H](O)[C@@H]1O. The number of imidazole rings is 1. The summed E-state index contributed by atoms with van der Waals surface area (Å²) in [7, 11) is 0. The Morgan fingerprint density at radius 2 is 1.67 bits per heavy atom. The maximum Gasteiger partial charge on any atom is 0.319 e.